The second-order valence-corrected chi connectivity index (χ2v) is 8.95. The highest BCUT2D eigenvalue weighted by molar-refractivity contribution is 7.93. The molecule has 0 aromatic heterocycles. The van der Waals surface area contributed by atoms with Crippen molar-refractivity contribution < 1.29 is 27.6 Å². The van der Waals surface area contributed by atoms with Crippen LogP contribution in [0.5, 0.6) is 0 Å². The minimum atomic E-state index is -3.14. The summed E-state index contributed by atoms with van der Waals surface area (Å²) < 4.78 is 24.1. The lowest BCUT2D eigenvalue weighted by Gasteiger charge is -2.27. The van der Waals surface area contributed by atoms with Gasteiger partial charge in [0, 0.05) is 0 Å². The molecule has 1 aromatic carbocycles. The standard InChI is InChI=1S/C16H15NO6S/c18-14-12-3-1-2-4-13(12)15(19)17(14)23-16(20)9-7-10-5-6-11(8-9)24(10,21)22/h1-4,9-11H,5-8H2/t9?,10-,11+. The maximum Gasteiger partial charge on any atom is 0.336 e. The predicted octanol–water partition coefficient (Wildman–Crippen LogP) is 1.10. The van der Waals surface area contributed by atoms with Crippen LogP contribution in [0.3, 0.4) is 0 Å². The smallest absolute Gasteiger partial charge is 0.329 e. The highest BCUT2D eigenvalue weighted by atomic mass is 32.2. The van der Waals surface area contributed by atoms with Gasteiger partial charge >= 0.3 is 5.97 Å². The topological polar surface area (TPSA) is 97.8 Å². The van der Waals surface area contributed by atoms with E-state index in [1.54, 1.807) is 12.1 Å². The molecule has 3 aliphatic rings. The number of carbonyl (C=O) groups excluding carboxylic acids is 3. The highest BCUT2D eigenvalue weighted by Gasteiger charge is 2.50. The van der Waals surface area contributed by atoms with E-state index in [4.69, 9.17) is 4.84 Å². The number of fused-ring (bicyclic) bond motifs is 3. The summed E-state index contributed by atoms with van der Waals surface area (Å²) in [6.45, 7) is 0. The molecular weight excluding hydrogens is 334 g/mol. The van der Waals surface area contributed by atoms with E-state index in [9.17, 15) is 22.8 Å². The Hall–Kier alpha value is -2.22. The molecule has 2 amide bonds. The Labute approximate surface area is 138 Å². The SMILES string of the molecule is O=C(ON1C(=O)c2ccccc2C1=O)C1C[C@H]2CC[C@@H](C1)S2(=O)=O. The Balaban J connectivity index is 1.50. The molecule has 0 radical (unpaired) electrons. The Kier molecular flexibility index (Phi) is 3.28. The number of imide groups is 1. The molecule has 3 heterocycles. The zero-order chi connectivity index (χ0) is 17.1. The van der Waals surface area contributed by atoms with Crippen molar-refractivity contribution in [2.45, 2.75) is 36.2 Å². The van der Waals surface area contributed by atoms with Gasteiger partial charge in [-0.3, -0.25) is 9.59 Å². The molecule has 126 valence electrons. The van der Waals surface area contributed by atoms with E-state index >= 15 is 0 Å². The number of hydrogen-bond donors (Lipinski definition) is 0. The van der Waals surface area contributed by atoms with E-state index in [1.165, 1.54) is 12.1 Å². The molecule has 1 aromatic rings. The zero-order valence-corrected chi connectivity index (χ0v) is 13.5. The van der Waals surface area contributed by atoms with Crippen LogP contribution in [0.15, 0.2) is 24.3 Å². The lowest BCUT2D eigenvalue weighted by Crippen LogP contribution is -2.40. The molecule has 3 aliphatic heterocycles. The van der Waals surface area contributed by atoms with Gasteiger partial charge in [0.05, 0.1) is 27.5 Å². The number of hydrogen-bond acceptors (Lipinski definition) is 6. The monoisotopic (exact) mass is 349 g/mol. The number of benzene rings is 1. The van der Waals surface area contributed by atoms with Gasteiger partial charge in [-0.25, -0.2) is 13.2 Å². The average Bonchev–Trinajstić information content (AvgIpc) is 2.86. The molecule has 2 bridgehead atoms. The summed E-state index contributed by atoms with van der Waals surface area (Å²) in [6.07, 6.45) is 1.51. The molecule has 0 N–H and O–H groups in total. The molecule has 0 saturated carbocycles. The average molecular weight is 349 g/mol. The first-order valence-corrected chi connectivity index (χ1v) is 9.43. The summed E-state index contributed by atoms with van der Waals surface area (Å²) in [4.78, 5) is 41.8. The van der Waals surface area contributed by atoms with E-state index in [0.29, 0.717) is 17.9 Å². The number of carbonyl (C=O) groups is 3. The van der Waals surface area contributed by atoms with Crippen molar-refractivity contribution in [3.05, 3.63) is 35.4 Å². The predicted molar refractivity (Wildman–Crippen MR) is 81.5 cm³/mol. The third-order valence-corrected chi connectivity index (χ3v) is 7.82. The van der Waals surface area contributed by atoms with Gasteiger partial charge in [0.2, 0.25) is 0 Å². The minimum Gasteiger partial charge on any atom is -0.329 e. The summed E-state index contributed by atoms with van der Waals surface area (Å²) in [6, 6.07) is 6.24. The van der Waals surface area contributed by atoms with Crippen molar-refractivity contribution in [1.29, 1.82) is 0 Å². The Morgan fingerprint density at radius 1 is 1.00 bits per heavy atom. The highest BCUT2D eigenvalue weighted by Crippen LogP contribution is 2.41. The molecule has 7 nitrogen and oxygen atoms in total. The fourth-order valence-corrected chi connectivity index (χ4v) is 6.29. The molecule has 3 atom stereocenters. The third kappa shape index (κ3) is 2.09. The van der Waals surface area contributed by atoms with Gasteiger partial charge in [-0.15, -0.1) is 0 Å². The fraction of sp³-hybridized carbons (Fsp3) is 0.438. The second kappa shape index (κ2) is 5.14. The Morgan fingerprint density at radius 3 is 2.00 bits per heavy atom. The summed E-state index contributed by atoms with van der Waals surface area (Å²) in [7, 11) is -3.14. The van der Waals surface area contributed by atoms with Crippen molar-refractivity contribution in [2.75, 3.05) is 0 Å². The number of rotatable bonds is 2. The van der Waals surface area contributed by atoms with Crippen LogP contribution in [0.4, 0.5) is 0 Å². The first-order valence-electron chi connectivity index (χ1n) is 7.82. The summed E-state index contributed by atoms with van der Waals surface area (Å²) >= 11 is 0. The number of hydroxylamine groups is 2. The van der Waals surface area contributed by atoms with Crippen LogP contribution in [0.2, 0.25) is 0 Å². The van der Waals surface area contributed by atoms with Crippen LogP contribution in [0.1, 0.15) is 46.4 Å². The van der Waals surface area contributed by atoms with Crippen LogP contribution in [-0.2, 0) is 19.5 Å². The largest absolute Gasteiger partial charge is 0.336 e. The van der Waals surface area contributed by atoms with Crippen LogP contribution in [0.25, 0.3) is 0 Å². The third-order valence-electron chi connectivity index (χ3n) is 5.11. The van der Waals surface area contributed by atoms with Gasteiger partial charge in [0.25, 0.3) is 11.8 Å². The van der Waals surface area contributed by atoms with Gasteiger partial charge in [-0.2, -0.15) is 0 Å². The molecule has 0 aliphatic carbocycles. The van der Waals surface area contributed by atoms with Crippen molar-refractivity contribution >= 4 is 27.6 Å². The van der Waals surface area contributed by atoms with Gasteiger partial charge in [-0.1, -0.05) is 17.2 Å². The zero-order valence-electron chi connectivity index (χ0n) is 12.7. The fourth-order valence-electron chi connectivity index (χ4n) is 3.81. The van der Waals surface area contributed by atoms with E-state index < -0.39 is 44.0 Å². The van der Waals surface area contributed by atoms with Crippen LogP contribution in [-0.4, -0.2) is 41.8 Å². The van der Waals surface area contributed by atoms with Crippen molar-refractivity contribution in [3.8, 4) is 0 Å². The van der Waals surface area contributed by atoms with Gasteiger partial charge in [0.1, 0.15) is 0 Å². The molecular formula is C16H15NO6S. The van der Waals surface area contributed by atoms with Gasteiger partial charge in [0.15, 0.2) is 9.84 Å². The quantitative estimate of drug-likeness (QED) is 0.742. The maximum atomic E-state index is 12.4. The van der Waals surface area contributed by atoms with Crippen molar-refractivity contribution in [3.63, 3.8) is 0 Å². The van der Waals surface area contributed by atoms with E-state index in [-0.39, 0.29) is 24.0 Å². The molecule has 0 spiro atoms. The number of nitrogens with zero attached hydrogens (tertiary/aromatic N) is 1. The van der Waals surface area contributed by atoms with Crippen molar-refractivity contribution in [1.82, 2.24) is 5.06 Å². The van der Waals surface area contributed by atoms with Crippen LogP contribution >= 0.6 is 0 Å². The Bertz CT molecular complexity index is 806. The summed E-state index contributed by atoms with van der Waals surface area (Å²) in [5, 5.41) is -0.551. The molecule has 1 unspecified atom stereocenters. The number of sulfone groups is 1. The lowest BCUT2D eigenvalue weighted by atomic mass is 10.00. The summed E-state index contributed by atoms with van der Waals surface area (Å²) in [5.74, 6) is -2.66. The Morgan fingerprint density at radius 2 is 1.50 bits per heavy atom. The molecule has 24 heavy (non-hydrogen) atoms. The maximum absolute atomic E-state index is 12.4. The molecule has 4 rings (SSSR count). The summed E-state index contributed by atoms with van der Waals surface area (Å²) in [5.41, 5.74) is 0.392. The number of amides is 2. The first-order chi connectivity index (χ1) is 11.4. The first kappa shape index (κ1) is 15.3. The van der Waals surface area contributed by atoms with Crippen LogP contribution < -0.4 is 0 Å². The normalized spacial score (nSPS) is 30.3. The van der Waals surface area contributed by atoms with E-state index in [0.717, 1.165) is 0 Å². The lowest BCUT2D eigenvalue weighted by molar-refractivity contribution is -0.174. The minimum absolute atomic E-state index is 0.195. The molecule has 8 heteroatoms. The van der Waals surface area contributed by atoms with Crippen molar-refractivity contribution in [2.24, 2.45) is 5.92 Å². The van der Waals surface area contributed by atoms with E-state index in [1.807, 2.05) is 0 Å². The van der Waals surface area contributed by atoms with Crippen LogP contribution in [0, 0.1) is 5.92 Å². The van der Waals surface area contributed by atoms with Gasteiger partial charge in [-0.05, 0) is 37.8 Å². The molecule has 2 fully saturated rings. The van der Waals surface area contributed by atoms with E-state index in [2.05, 4.69) is 0 Å². The molecule has 2 saturated heterocycles. The second-order valence-electron chi connectivity index (χ2n) is 6.44. The van der Waals surface area contributed by atoms with Gasteiger partial charge < -0.3 is 4.84 Å².